The second-order valence-electron chi connectivity index (χ2n) is 4.74. The topological polar surface area (TPSA) is 105 Å². The highest BCUT2D eigenvalue weighted by molar-refractivity contribution is 5.92. The molecule has 1 fully saturated rings. The fourth-order valence-electron chi connectivity index (χ4n) is 2.33. The van der Waals surface area contributed by atoms with E-state index in [2.05, 4.69) is 10.1 Å². The summed E-state index contributed by atoms with van der Waals surface area (Å²) >= 11 is 0. The van der Waals surface area contributed by atoms with Crippen LogP contribution in [-0.4, -0.2) is 39.9 Å². The number of piperidine rings is 1. The lowest BCUT2D eigenvalue weighted by Crippen LogP contribution is -2.41. The molecule has 0 saturated carbocycles. The highest BCUT2D eigenvalue weighted by Crippen LogP contribution is 2.20. The van der Waals surface area contributed by atoms with E-state index >= 15 is 0 Å². The first-order valence-electron chi connectivity index (χ1n) is 6.23. The zero-order chi connectivity index (χ0) is 14.0. The Hall–Kier alpha value is -2.05. The second kappa shape index (κ2) is 5.29. The predicted octanol–water partition coefficient (Wildman–Crippen LogP) is 0.890. The first-order chi connectivity index (χ1) is 9.02. The van der Waals surface area contributed by atoms with Gasteiger partial charge < -0.3 is 20.3 Å². The molecule has 7 heteroatoms. The Morgan fingerprint density at radius 2 is 2.11 bits per heavy atom. The molecule has 1 aromatic rings. The molecule has 0 unspecified atom stereocenters. The van der Waals surface area contributed by atoms with Gasteiger partial charge in [-0.15, -0.1) is 0 Å². The van der Waals surface area contributed by atoms with E-state index in [-0.39, 0.29) is 17.7 Å². The van der Waals surface area contributed by atoms with E-state index in [1.807, 2.05) is 0 Å². The number of amides is 1. The zero-order valence-corrected chi connectivity index (χ0v) is 11.1. The van der Waals surface area contributed by atoms with Gasteiger partial charge in [0, 0.05) is 25.9 Å². The fourth-order valence-corrected chi connectivity index (χ4v) is 2.33. The maximum Gasteiger partial charge on any atom is 0.291 e. The minimum absolute atomic E-state index is 0.0339. The maximum absolute atomic E-state index is 12.3. The molecular weight excluding hydrogens is 248 g/mol. The summed E-state index contributed by atoms with van der Waals surface area (Å²) in [5, 5.41) is 11.7. The molecule has 1 amide bonds. The minimum Gasteiger partial charge on any atom is -0.436 e. The van der Waals surface area contributed by atoms with Gasteiger partial charge in [0.1, 0.15) is 5.84 Å². The lowest BCUT2D eigenvalue weighted by molar-refractivity contribution is 0.0674. The Morgan fingerprint density at radius 1 is 1.47 bits per heavy atom. The van der Waals surface area contributed by atoms with Crippen LogP contribution in [0, 0.1) is 19.8 Å². The molecule has 0 bridgehead atoms. The van der Waals surface area contributed by atoms with Crippen LogP contribution >= 0.6 is 0 Å². The Balaban J connectivity index is 2.02. The average Bonchev–Trinajstić information content (AvgIpc) is 2.76. The molecule has 1 aliphatic rings. The summed E-state index contributed by atoms with van der Waals surface area (Å²) in [6.45, 7) is 4.61. The van der Waals surface area contributed by atoms with Crippen molar-refractivity contribution in [2.75, 3.05) is 13.1 Å². The molecule has 2 heterocycles. The number of rotatable bonds is 2. The minimum atomic E-state index is -0.143. The number of hydrogen-bond donors (Lipinski definition) is 2. The number of nitrogens with zero attached hydrogens (tertiary/aromatic N) is 3. The van der Waals surface area contributed by atoms with Gasteiger partial charge in [-0.3, -0.25) is 4.79 Å². The maximum atomic E-state index is 12.3. The summed E-state index contributed by atoms with van der Waals surface area (Å²) in [7, 11) is 0. The largest absolute Gasteiger partial charge is 0.436 e. The highest BCUT2D eigenvalue weighted by atomic mass is 16.4. The number of hydrogen-bond acceptors (Lipinski definition) is 5. The van der Waals surface area contributed by atoms with Gasteiger partial charge in [0.15, 0.2) is 5.89 Å². The molecule has 0 atom stereocenters. The van der Waals surface area contributed by atoms with Crippen molar-refractivity contribution < 1.29 is 14.4 Å². The van der Waals surface area contributed by atoms with Gasteiger partial charge in [-0.25, -0.2) is 4.98 Å². The lowest BCUT2D eigenvalue weighted by atomic mass is 9.95. The van der Waals surface area contributed by atoms with Crippen LogP contribution in [0.5, 0.6) is 0 Å². The molecular formula is C12H18N4O3. The molecule has 0 radical (unpaired) electrons. The molecule has 1 aromatic heterocycles. The Kier molecular flexibility index (Phi) is 3.73. The Bertz CT molecular complexity index is 501. The number of likely N-dealkylation sites (tertiary alicyclic amines) is 1. The van der Waals surface area contributed by atoms with Gasteiger partial charge in [0.05, 0.1) is 5.69 Å². The van der Waals surface area contributed by atoms with Gasteiger partial charge in [-0.2, -0.15) is 0 Å². The van der Waals surface area contributed by atoms with Crippen molar-refractivity contribution >= 4 is 11.7 Å². The van der Waals surface area contributed by atoms with Crippen molar-refractivity contribution in [3.05, 3.63) is 17.3 Å². The lowest BCUT2D eigenvalue weighted by Gasteiger charge is -2.30. The van der Waals surface area contributed by atoms with Gasteiger partial charge >= 0.3 is 0 Å². The molecule has 19 heavy (non-hydrogen) atoms. The second-order valence-corrected chi connectivity index (χ2v) is 4.74. The van der Waals surface area contributed by atoms with Crippen molar-refractivity contribution in [1.82, 2.24) is 9.88 Å². The van der Waals surface area contributed by atoms with E-state index in [0.29, 0.717) is 43.3 Å². The first kappa shape index (κ1) is 13.4. The monoisotopic (exact) mass is 266 g/mol. The summed E-state index contributed by atoms with van der Waals surface area (Å²) in [6, 6.07) is 0. The summed E-state index contributed by atoms with van der Waals surface area (Å²) in [4.78, 5) is 18.1. The zero-order valence-electron chi connectivity index (χ0n) is 11.1. The number of amidine groups is 1. The van der Waals surface area contributed by atoms with Gasteiger partial charge in [0.25, 0.3) is 5.91 Å². The number of oxazole rings is 1. The van der Waals surface area contributed by atoms with Crippen molar-refractivity contribution in [1.29, 1.82) is 0 Å². The molecule has 1 saturated heterocycles. The average molecular weight is 266 g/mol. The number of carbonyl (C=O) groups is 1. The molecule has 1 aliphatic heterocycles. The quantitative estimate of drug-likeness (QED) is 0.358. The van der Waals surface area contributed by atoms with E-state index in [1.165, 1.54) is 0 Å². The van der Waals surface area contributed by atoms with Crippen molar-refractivity contribution in [2.45, 2.75) is 26.7 Å². The van der Waals surface area contributed by atoms with Crippen LogP contribution in [-0.2, 0) is 0 Å². The van der Waals surface area contributed by atoms with E-state index < -0.39 is 0 Å². The number of carbonyl (C=O) groups excluding carboxylic acids is 1. The van der Waals surface area contributed by atoms with Gasteiger partial charge in [-0.1, -0.05) is 5.16 Å². The normalized spacial score (nSPS) is 17.8. The molecule has 7 nitrogen and oxygen atoms in total. The summed E-state index contributed by atoms with van der Waals surface area (Å²) in [5.74, 6) is 0.925. The van der Waals surface area contributed by atoms with Gasteiger partial charge in [-0.05, 0) is 19.8 Å². The van der Waals surface area contributed by atoms with Crippen LogP contribution in [0.4, 0.5) is 0 Å². The number of nitrogens with two attached hydrogens (primary N) is 1. The molecule has 0 aliphatic carbocycles. The highest BCUT2D eigenvalue weighted by Gasteiger charge is 2.28. The third kappa shape index (κ3) is 2.69. The van der Waals surface area contributed by atoms with Crippen molar-refractivity contribution in [2.24, 2.45) is 16.8 Å². The van der Waals surface area contributed by atoms with E-state index in [1.54, 1.807) is 18.7 Å². The molecule has 3 N–H and O–H groups in total. The molecule has 104 valence electrons. The first-order valence-corrected chi connectivity index (χ1v) is 6.23. The predicted molar refractivity (Wildman–Crippen MR) is 68.0 cm³/mol. The smallest absolute Gasteiger partial charge is 0.291 e. The van der Waals surface area contributed by atoms with E-state index in [0.717, 1.165) is 0 Å². The summed E-state index contributed by atoms with van der Waals surface area (Å²) in [6.07, 6.45) is 1.38. The SMILES string of the molecule is Cc1nc(C)c(C(=O)N2CCC(C(N)=NO)CC2)o1. The molecule has 0 aromatic carbocycles. The fraction of sp³-hybridized carbons (Fsp3) is 0.583. The van der Waals surface area contributed by atoms with E-state index in [4.69, 9.17) is 15.4 Å². The number of oxime groups is 1. The number of aromatic nitrogens is 1. The molecule has 0 spiro atoms. The van der Waals surface area contributed by atoms with Crippen LogP contribution in [0.25, 0.3) is 0 Å². The van der Waals surface area contributed by atoms with Crippen LogP contribution in [0.1, 0.15) is 35.0 Å². The number of aryl methyl sites for hydroxylation is 2. The third-order valence-corrected chi connectivity index (χ3v) is 3.41. The van der Waals surface area contributed by atoms with Crippen LogP contribution in [0.2, 0.25) is 0 Å². The summed E-state index contributed by atoms with van der Waals surface area (Å²) in [5.41, 5.74) is 6.19. The third-order valence-electron chi connectivity index (χ3n) is 3.41. The van der Waals surface area contributed by atoms with Gasteiger partial charge in [0.2, 0.25) is 5.76 Å². The Labute approximate surface area is 111 Å². The van der Waals surface area contributed by atoms with Crippen LogP contribution in [0.15, 0.2) is 9.57 Å². The Morgan fingerprint density at radius 3 is 2.58 bits per heavy atom. The van der Waals surface area contributed by atoms with Crippen molar-refractivity contribution in [3.8, 4) is 0 Å². The molecule has 2 rings (SSSR count). The van der Waals surface area contributed by atoms with Crippen molar-refractivity contribution in [3.63, 3.8) is 0 Å². The summed E-state index contributed by atoms with van der Waals surface area (Å²) < 4.78 is 5.33. The van der Waals surface area contributed by atoms with E-state index in [9.17, 15) is 4.79 Å². The van der Waals surface area contributed by atoms with Crippen LogP contribution in [0.3, 0.4) is 0 Å². The van der Waals surface area contributed by atoms with Crippen LogP contribution < -0.4 is 5.73 Å². The standard InChI is InChI=1S/C12H18N4O3/c1-7-10(19-8(2)14-7)12(17)16-5-3-9(4-6-16)11(13)15-18/h9,18H,3-6H2,1-2H3,(H2,13,15).